The minimum atomic E-state index is -0.713. The molecule has 0 spiro atoms. The number of nitriles is 1. The molecule has 104 valence electrons. The van der Waals surface area contributed by atoms with Crippen molar-refractivity contribution in [1.29, 1.82) is 5.26 Å². The summed E-state index contributed by atoms with van der Waals surface area (Å²) in [6, 6.07) is 5.77. The van der Waals surface area contributed by atoms with E-state index in [4.69, 9.17) is 10.00 Å². The first-order chi connectivity index (χ1) is 9.02. The van der Waals surface area contributed by atoms with Crippen LogP contribution in [0.4, 0.5) is 8.78 Å². The lowest BCUT2D eigenvalue weighted by molar-refractivity contribution is 0.263. The van der Waals surface area contributed by atoms with Gasteiger partial charge in [-0.15, -0.1) is 0 Å². The zero-order valence-corrected chi connectivity index (χ0v) is 11.2. The van der Waals surface area contributed by atoms with Crippen molar-refractivity contribution < 1.29 is 13.5 Å². The van der Waals surface area contributed by atoms with Crippen LogP contribution in [0.1, 0.15) is 26.7 Å². The molecule has 0 saturated heterocycles. The number of benzene rings is 1. The van der Waals surface area contributed by atoms with Crippen LogP contribution in [0.5, 0.6) is 5.75 Å². The summed E-state index contributed by atoms with van der Waals surface area (Å²) in [5.74, 6) is -1.78. The number of halogens is 2. The van der Waals surface area contributed by atoms with E-state index in [9.17, 15) is 8.78 Å². The third-order valence-electron chi connectivity index (χ3n) is 2.80. The molecule has 3 nitrogen and oxygen atoms in total. The highest BCUT2D eigenvalue weighted by molar-refractivity contribution is 5.25. The maximum absolute atomic E-state index is 13.3. The summed E-state index contributed by atoms with van der Waals surface area (Å²) in [6.45, 7) is 4.56. The van der Waals surface area contributed by atoms with Crippen LogP contribution in [0.25, 0.3) is 0 Å². The molecule has 0 aliphatic carbocycles. The second-order valence-electron chi connectivity index (χ2n) is 4.48. The van der Waals surface area contributed by atoms with Crippen LogP contribution < -0.4 is 10.1 Å². The van der Waals surface area contributed by atoms with Gasteiger partial charge in [-0.1, -0.05) is 13.0 Å². The number of para-hydroxylation sites is 1. The Morgan fingerprint density at radius 1 is 1.37 bits per heavy atom. The summed E-state index contributed by atoms with van der Waals surface area (Å²) in [4.78, 5) is 0. The van der Waals surface area contributed by atoms with Gasteiger partial charge in [0.25, 0.3) is 0 Å². The molecule has 0 saturated carbocycles. The van der Waals surface area contributed by atoms with Gasteiger partial charge in [0.15, 0.2) is 17.4 Å². The molecule has 0 radical (unpaired) electrons. The van der Waals surface area contributed by atoms with E-state index in [2.05, 4.69) is 11.4 Å². The number of hydrogen-bond donors (Lipinski definition) is 1. The molecule has 0 aliphatic heterocycles. The van der Waals surface area contributed by atoms with Crippen LogP contribution >= 0.6 is 0 Å². The molecule has 5 heteroatoms. The van der Waals surface area contributed by atoms with Crippen molar-refractivity contribution in [2.75, 3.05) is 13.2 Å². The maximum Gasteiger partial charge on any atom is 0.190 e. The van der Waals surface area contributed by atoms with Crippen molar-refractivity contribution in [1.82, 2.24) is 5.32 Å². The number of hydrogen-bond acceptors (Lipinski definition) is 3. The number of ether oxygens (including phenoxy) is 1. The molecule has 1 rings (SSSR count). The SMILES string of the molecule is CCNC(C)(C#N)CCCOc1c(F)cccc1F. The first kappa shape index (κ1) is 15.4. The van der Waals surface area contributed by atoms with Gasteiger partial charge in [-0.3, -0.25) is 5.32 Å². The van der Waals surface area contributed by atoms with Gasteiger partial charge >= 0.3 is 0 Å². The molecule has 19 heavy (non-hydrogen) atoms. The van der Waals surface area contributed by atoms with E-state index < -0.39 is 17.2 Å². The minimum absolute atomic E-state index is 0.167. The van der Waals surface area contributed by atoms with Crippen molar-refractivity contribution in [3.05, 3.63) is 29.8 Å². The maximum atomic E-state index is 13.3. The second-order valence-corrected chi connectivity index (χ2v) is 4.48. The van der Waals surface area contributed by atoms with E-state index in [0.717, 1.165) is 12.1 Å². The highest BCUT2D eigenvalue weighted by Gasteiger charge is 2.21. The van der Waals surface area contributed by atoms with Crippen LogP contribution in [0.15, 0.2) is 18.2 Å². The van der Waals surface area contributed by atoms with Gasteiger partial charge in [-0.2, -0.15) is 5.26 Å². The lowest BCUT2D eigenvalue weighted by Gasteiger charge is -2.22. The monoisotopic (exact) mass is 268 g/mol. The van der Waals surface area contributed by atoms with Crippen molar-refractivity contribution in [3.63, 3.8) is 0 Å². The average molecular weight is 268 g/mol. The van der Waals surface area contributed by atoms with Gasteiger partial charge in [-0.05, 0) is 38.4 Å². The standard InChI is InChI=1S/C14H18F2N2O/c1-3-18-14(2,10-17)8-5-9-19-13-11(15)6-4-7-12(13)16/h4,6-7,18H,3,5,8-9H2,1-2H3. The molecule has 0 bridgehead atoms. The highest BCUT2D eigenvalue weighted by Crippen LogP contribution is 2.21. The van der Waals surface area contributed by atoms with Crippen LogP contribution in [0.2, 0.25) is 0 Å². The Labute approximate surface area is 112 Å². The van der Waals surface area contributed by atoms with Crippen molar-refractivity contribution >= 4 is 0 Å². The van der Waals surface area contributed by atoms with E-state index in [1.54, 1.807) is 6.92 Å². The second kappa shape index (κ2) is 7.05. The molecule has 0 amide bonds. The number of nitrogens with one attached hydrogen (secondary N) is 1. The highest BCUT2D eigenvalue weighted by atomic mass is 19.1. The van der Waals surface area contributed by atoms with E-state index in [-0.39, 0.29) is 12.4 Å². The smallest absolute Gasteiger partial charge is 0.190 e. The Kier molecular flexibility index (Phi) is 5.71. The third kappa shape index (κ3) is 4.49. The Morgan fingerprint density at radius 2 is 2.00 bits per heavy atom. The van der Waals surface area contributed by atoms with E-state index in [1.807, 2.05) is 6.92 Å². The fraction of sp³-hybridized carbons (Fsp3) is 0.500. The first-order valence-electron chi connectivity index (χ1n) is 6.25. The van der Waals surface area contributed by atoms with E-state index in [0.29, 0.717) is 19.4 Å². The molecule has 1 atom stereocenters. The summed E-state index contributed by atoms with van der Waals surface area (Å²) in [6.07, 6.45) is 1.08. The van der Waals surface area contributed by atoms with Gasteiger partial charge in [0.2, 0.25) is 0 Å². The van der Waals surface area contributed by atoms with E-state index in [1.165, 1.54) is 6.07 Å². The zero-order chi connectivity index (χ0) is 14.3. The fourth-order valence-electron chi connectivity index (χ4n) is 1.79. The molecule has 0 fully saturated rings. The fourth-order valence-corrected chi connectivity index (χ4v) is 1.79. The Balaban J connectivity index is 2.45. The topological polar surface area (TPSA) is 45.0 Å². The van der Waals surface area contributed by atoms with Crippen LogP contribution in [-0.4, -0.2) is 18.7 Å². The van der Waals surface area contributed by atoms with Crippen molar-refractivity contribution in [2.45, 2.75) is 32.2 Å². The normalized spacial score (nSPS) is 13.6. The summed E-state index contributed by atoms with van der Waals surface area (Å²) < 4.78 is 31.6. The van der Waals surface area contributed by atoms with Crippen LogP contribution in [-0.2, 0) is 0 Å². The summed E-state index contributed by atoms with van der Waals surface area (Å²) in [5, 5.41) is 12.1. The molecule has 0 heterocycles. The van der Waals surface area contributed by atoms with Gasteiger partial charge in [0.1, 0.15) is 5.54 Å². The number of nitrogens with zero attached hydrogens (tertiary/aromatic N) is 1. The Bertz CT molecular complexity index is 439. The first-order valence-corrected chi connectivity index (χ1v) is 6.25. The lowest BCUT2D eigenvalue weighted by Crippen LogP contribution is -2.40. The van der Waals surface area contributed by atoms with Crippen molar-refractivity contribution in [2.24, 2.45) is 0 Å². The van der Waals surface area contributed by atoms with Crippen LogP contribution in [0, 0.1) is 23.0 Å². The zero-order valence-electron chi connectivity index (χ0n) is 11.2. The average Bonchev–Trinajstić information content (AvgIpc) is 2.38. The van der Waals surface area contributed by atoms with Gasteiger partial charge in [0.05, 0.1) is 12.7 Å². The molecule has 0 aromatic heterocycles. The number of rotatable bonds is 7. The molecule has 1 unspecified atom stereocenters. The molecule has 1 N–H and O–H groups in total. The van der Waals surface area contributed by atoms with Gasteiger partial charge in [-0.25, -0.2) is 8.78 Å². The van der Waals surface area contributed by atoms with Gasteiger partial charge < -0.3 is 4.74 Å². The molecule has 1 aromatic rings. The summed E-state index contributed by atoms with van der Waals surface area (Å²) in [5.41, 5.74) is -0.633. The Morgan fingerprint density at radius 3 is 2.53 bits per heavy atom. The van der Waals surface area contributed by atoms with E-state index >= 15 is 0 Å². The molecular formula is C14H18F2N2O. The third-order valence-corrected chi connectivity index (χ3v) is 2.80. The predicted molar refractivity (Wildman–Crippen MR) is 68.8 cm³/mol. The minimum Gasteiger partial charge on any atom is -0.488 e. The van der Waals surface area contributed by atoms with Crippen molar-refractivity contribution in [3.8, 4) is 11.8 Å². The summed E-state index contributed by atoms with van der Waals surface area (Å²) in [7, 11) is 0. The Hall–Kier alpha value is -1.67. The molecular weight excluding hydrogens is 250 g/mol. The van der Waals surface area contributed by atoms with Crippen LogP contribution in [0.3, 0.4) is 0 Å². The molecule has 0 aliphatic rings. The largest absolute Gasteiger partial charge is 0.488 e. The predicted octanol–water partition coefficient (Wildman–Crippen LogP) is 3.02. The lowest BCUT2D eigenvalue weighted by atomic mass is 9.98. The molecule has 1 aromatic carbocycles. The quantitative estimate of drug-likeness (QED) is 0.773. The summed E-state index contributed by atoms with van der Waals surface area (Å²) >= 11 is 0. The van der Waals surface area contributed by atoms with Gasteiger partial charge in [0, 0.05) is 0 Å².